The molecule has 1 atom stereocenters. The maximum absolute atomic E-state index is 12.4. The molecule has 3 N–H and O–H groups in total. The molecular formula is C21H24N6O2S. The number of likely N-dealkylation sites (tertiary alicyclic amines) is 1. The van der Waals surface area contributed by atoms with Crippen LogP contribution in [0.3, 0.4) is 0 Å². The highest BCUT2D eigenvalue weighted by Gasteiger charge is 2.26. The van der Waals surface area contributed by atoms with Crippen LogP contribution in [0, 0.1) is 0 Å². The summed E-state index contributed by atoms with van der Waals surface area (Å²) in [5.74, 6) is 1.18. The fourth-order valence-corrected chi connectivity index (χ4v) is 4.33. The highest BCUT2D eigenvalue weighted by molar-refractivity contribution is 7.13. The molecule has 1 aliphatic heterocycles. The molecule has 0 saturated carbocycles. The quantitative estimate of drug-likeness (QED) is 0.626. The molecule has 9 heteroatoms. The molecule has 156 valence electrons. The molecule has 0 bridgehead atoms. The van der Waals surface area contributed by atoms with Crippen LogP contribution >= 0.6 is 11.3 Å². The van der Waals surface area contributed by atoms with Crippen molar-refractivity contribution in [2.75, 3.05) is 37.8 Å². The van der Waals surface area contributed by atoms with Crippen LogP contribution in [0.15, 0.2) is 42.0 Å². The Morgan fingerprint density at radius 2 is 2.17 bits per heavy atom. The minimum Gasteiger partial charge on any atom is -0.497 e. The number of nitrogens with one attached hydrogen (secondary N) is 1. The first-order valence-corrected chi connectivity index (χ1v) is 10.7. The van der Waals surface area contributed by atoms with Crippen molar-refractivity contribution in [2.45, 2.75) is 18.8 Å². The lowest BCUT2D eigenvalue weighted by molar-refractivity contribution is -0.117. The summed E-state index contributed by atoms with van der Waals surface area (Å²) >= 11 is 1.41. The third-order valence-corrected chi connectivity index (χ3v) is 5.86. The van der Waals surface area contributed by atoms with Crippen molar-refractivity contribution in [3.05, 3.63) is 47.7 Å². The molecule has 4 rings (SSSR count). The molecule has 1 aromatic carbocycles. The number of rotatable bonds is 6. The van der Waals surface area contributed by atoms with Crippen molar-refractivity contribution in [3.63, 3.8) is 0 Å². The first kappa shape index (κ1) is 20.2. The molecule has 1 amide bonds. The second-order valence-corrected chi connectivity index (χ2v) is 8.11. The molecular weight excluding hydrogens is 400 g/mol. The van der Waals surface area contributed by atoms with Gasteiger partial charge < -0.3 is 15.8 Å². The largest absolute Gasteiger partial charge is 0.497 e. The number of hydrogen-bond donors (Lipinski definition) is 2. The molecule has 0 aliphatic carbocycles. The number of ether oxygens (including phenoxy) is 1. The van der Waals surface area contributed by atoms with Crippen molar-refractivity contribution in [1.82, 2.24) is 19.9 Å². The molecule has 30 heavy (non-hydrogen) atoms. The fourth-order valence-electron chi connectivity index (χ4n) is 3.78. The monoisotopic (exact) mass is 424 g/mol. The zero-order valence-corrected chi connectivity index (χ0v) is 17.6. The average molecular weight is 425 g/mol. The van der Waals surface area contributed by atoms with Crippen molar-refractivity contribution in [1.29, 1.82) is 0 Å². The molecule has 3 heterocycles. The lowest BCUT2D eigenvalue weighted by Crippen LogP contribution is -2.40. The second-order valence-electron chi connectivity index (χ2n) is 7.22. The van der Waals surface area contributed by atoms with Gasteiger partial charge in [0, 0.05) is 35.8 Å². The maximum Gasteiger partial charge on any atom is 0.240 e. The number of benzene rings is 1. The Morgan fingerprint density at radius 3 is 2.90 bits per heavy atom. The van der Waals surface area contributed by atoms with Gasteiger partial charge in [0.1, 0.15) is 5.75 Å². The first-order chi connectivity index (χ1) is 14.6. The van der Waals surface area contributed by atoms with E-state index in [2.05, 4.69) is 25.2 Å². The summed E-state index contributed by atoms with van der Waals surface area (Å²) in [6.07, 6.45) is 5.44. The van der Waals surface area contributed by atoms with E-state index in [1.165, 1.54) is 11.3 Å². The van der Waals surface area contributed by atoms with Crippen LogP contribution in [0.2, 0.25) is 0 Å². The van der Waals surface area contributed by atoms with E-state index in [9.17, 15) is 4.79 Å². The van der Waals surface area contributed by atoms with Gasteiger partial charge in [-0.05, 0) is 37.1 Å². The number of amides is 1. The van der Waals surface area contributed by atoms with E-state index in [1.807, 2.05) is 29.6 Å². The van der Waals surface area contributed by atoms with Gasteiger partial charge in [0.15, 0.2) is 5.13 Å². The first-order valence-electron chi connectivity index (χ1n) is 9.81. The van der Waals surface area contributed by atoms with Gasteiger partial charge in [-0.2, -0.15) is 0 Å². The summed E-state index contributed by atoms with van der Waals surface area (Å²) < 4.78 is 5.26. The highest BCUT2D eigenvalue weighted by atomic mass is 32.1. The van der Waals surface area contributed by atoms with Crippen molar-refractivity contribution in [3.8, 4) is 16.9 Å². The molecule has 8 nitrogen and oxygen atoms in total. The number of carbonyl (C=O) groups excluding carboxylic acids is 1. The van der Waals surface area contributed by atoms with Crippen LogP contribution in [-0.2, 0) is 4.79 Å². The van der Waals surface area contributed by atoms with Gasteiger partial charge in [-0.3, -0.25) is 9.69 Å². The highest BCUT2D eigenvalue weighted by Crippen LogP contribution is 2.34. The molecule has 2 aromatic heterocycles. The number of nitrogens with two attached hydrogens (primary N) is 1. The predicted molar refractivity (Wildman–Crippen MR) is 118 cm³/mol. The summed E-state index contributed by atoms with van der Waals surface area (Å²) in [5.41, 5.74) is 8.83. The third-order valence-electron chi connectivity index (χ3n) is 5.18. The SMILES string of the molecule is COc1ccc(-c2cnc(N)nc2[C@H]2CCCN(CC(=O)Nc3nccs3)C2)cc1. The molecule has 1 aliphatic rings. The van der Waals surface area contributed by atoms with Crippen LogP contribution < -0.4 is 15.8 Å². The van der Waals surface area contributed by atoms with E-state index in [4.69, 9.17) is 10.5 Å². The molecule has 0 radical (unpaired) electrons. The van der Waals surface area contributed by atoms with Gasteiger partial charge in [0.25, 0.3) is 0 Å². The van der Waals surface area contributed by atoms with E-state index in [0.29, 0.717) is 11.7 Å². The second kappa shape index (κ2) is 9.19. The number of thiazole rings is 1. The summed E-state index contributed by atoms with van der Waals surface area (Å²) in [5, 5.41) is 5.31. The summed E-state index contributed by atoms with van der Waals surface area (Å²) in [6.45, 7) is 1.94. The number of carbonyl (C=O) groups is 1. The van der Waals surface area contributed by atoms with E-state index < -0.39 is 0 Å². The minimum atomic E-state index is -0.0526. The number of nitrogen functional groups attached to an aromatic ring is 1. The third kappa shape index (κ3) is 4.74. The number of aromatic nitrogens is 3. The van der Waals surface area contributed by atoms with E-state index >= 15 is 0 Å². The van der Waals surface area contributed by atoms with Gasteiger partial charge in [0.2, 0.25) is 11.9 Å². The Bertz CT molecular complexity index is 993. The van der Waals surface area contributed by atoms with Crippen molar-refractivity contribution < 1.29 is 9.53 Å². The molecule has 0 spiro atoms. The summed E-state index contributed by atoms with van der Waals surface area (Å²) in [4.78, 5) is 27.5. The van der Waals surface area contributed by atoms with Gasteiger partial charge in [-0.25, -0.2) is 15.0 Å². The van der Waals surface area contributed by atoms with Crippen molar-refractivity contribution in [2.24, 2.45) is 0 Å². The zero-order chi connectivity index (χ0) is 20.9. The molecule has 1 fully saturated rings. The van der Waals surface area contributed by atoms with Crippen LogP contribution in [0.25, 0.3) is 11.1 Å². The summed E-state index contributed by atoms with van der Waals surface area (Å²) in [6, 6.07) is 7.84. The fraction of sp³-hybridized carbons (Fsp3) is 0.333. The Morgan fingerprint density at radius 1 is 1.33 bits per heavy atom. The normalized spacial score (nSPS) is 16.9. The Hall–Kier alpha value is -3.04. The van der Waals surface area contributed by atoms with Crippen molar-refractivity contribution >= 4 is 28.3 Å². The van der Waals surface area contributed by atoms with Crippen LogP contribution in [0.4, 0.5) is 11.1 Å². The van der Waals surface area contributed by atoms with E-state index in [1.54, 1.807) is 19.5 Å². The Kier molecular flexibility index (Phi) is 6.20. The standard InChI is InChI=1S/C21H24N6O2S/c1-29-16-6-4-14(5-7-16)17-11-24-20(22)26-19(17)15-3-2-9-27(12-15)13-18(28)25-21-23-8-10-30-21/h4-8,10-11,15H,2-3,9,12-13H2,1H3,(H2,22,24,26)(H,23,25,28)/t15-/m0/s1. The maximum atomic E-state index is 12.4. The topological polar surface area (TPSA) is 106 Å². The van der Waals surface area contributed by atoms with Gasteiger partial charge in [0.05, 0.1) is 19.3 Å². The number of methoxy groups -OCH3 is 1. The number of nitrogens with zero attached hydrogens (tertiary/aromatic N) is 4. The van der Waals surface area contributed by atoms with Gasteiger partial charge in [-0.15, -0.1) is 11.3 Å². The lowest BCUT2D eigenvalue weighted by atomic mass is 9.90. The number of hydrogen-bond acceptors (Lipinski definition) is 8. The predicted octanol–water partition coefficient (Wildman–Crippen LogP) is 3.01. The smallest absolute Gasteiger partial charge is 0.240 e. The van der Waals surface area contributed by atoms with Gasteiger partial charge >= 0.3 is 0 Å². The van der Waals surface area contributed by atoms with E-state index in [-0.39, 0.29) is 17.8 Å². The van der Waals surface area contributed by atoms with Crippen LogP contribution in [0.5, 0.6) is 5.75 Å². The Labute approximate surface area is 179 Å². The summed E-state index contributed by atoms with van der Waals surface area (Å²) in [7, 11) is 1.65. The average Bonchev–Trinajstić information content (AvgIpc) is 3.27. The molecule has 1 saturated heterocycles. The lowest BCUT2D eigenvalue weighted by Gasteiger charge is -2.32. The van der Waals surface area contributed by atoms with Gasteiger partial charge in [-0.1, -0.05) is 12.1 Å². The molecule has 3 aromatic rings. The van der Waals surface area contributed by atoms with Crippen LogP contribution in [-0.4, -0.2) is 52.5 Å². The number of piperidine rings is 1. The minimum absolute atomic E-state index is 0.0526. The zero-order valence-electron chi connectivity index (χ0n) is 16.7. The van der Waals surface area contributed by atoms with Crippen LogP contribution in [0.1, 0.15) is 24.5 Å². The molecule has 0 unspecified atom stereocenters. The number of anilines is 2. The Balaban J connectivity index is 1.51. The van der Waals surface area contributed by atoms with E-state index in [0.717, 1.165) is 48.5 Å².